The van der Waals surface area contributed by atoms with Gasteiger partial charge in [0.25, 0.3) is 0 Å². The number of carbonyl (C=O) groups is 1. The van der Waals surface area contributed by atoms with Crippen LogP contribution in [0.25, 0.3) is 0 Å². The molecule has 4 rings (SSSR count). The molecule has 1 fully saturated rings. The summed E-state index contributed by atoms with van der Waals surface area (Å²) in [5, 5.41) is 9.15. The van der Waals surface area contributed by atoms with Crippen molar-refractivity contribution in [3.05, 3.63) is 101 Å². The molecule has 0 saturated carbocycles. The Balaban J connectivity index is 1.48. The van der Waals surface area contributed by atoms with Gasteiger partial charge in [0, 0.05) is 45.1 Å². The summed E-state index contributed by atoms with van der Waals surface area (Å²) in [5.74, 6) is -1.56. The van der Waals surface area contributed by atoms with Crippen LogP contribution in [0.1, 0.15) is 33.1 Å². The Bertz CT molecular complexity index is 988. The van der Waals surface area contributed by atoms with Crippen molar-refractivity contribution in [1.29, 1.82) is 0 Å². The first-order valence-electron chi connectivity index (χ1n) is 10.1. The highest BCUT2D eigenvalue weighted by atomic mass is 19.1. The lowest BCUT2D eigenvalue weighted by atomic mass is 9.96. The highest BCUT2D eigenvalue weighted by Gasteiger charge is 2.26. The number of halogens is 2. The van der Waals surface area contributed by atoms with E-state index in [-0.39, 0.29) is 23.2 Å². The van der Waals surface area contributed by atoms with Crippen LogP contribution in [0.15, 0.2) is 67.0 Å². The summed E-state index contributed by atoms with van der Waals surface area (Å²) in [7, 11) is 0. The number of rotatable bonds is 6. The van der Waals surface area contributed by atoms with E-state index < -0.39 is 5.97 Å². The van der Waals surface area contributed by atoms with Crippen LogP contribution in [0.2, 0.25) is 0 Å². The van der Waals surface area contributed by atoms with Crippen LogP contribution in [0.3, 0.4) is 0 Å². The Kier molecular flexibility index (Phi) is 6.34. The first-order chi connectivity index (χ1) is 15.0. The second-order valence-corrected chi connectivity index (χ2v) is 7.70. The maximum absolute atomic E-state index is 13.5. The molecule has 1 aromatic heterocycles. The topological polar surface area (TPSA) is 56.7 Å². The van der Waals surface area contributed by atoms with E-state index >= 15 is 0 Å². The first kappa shape index (κ1) is 21.1. The third kappa shape index (κ3) is 5.13. The lowest BCUT2D eigenvalue weighted by molar-refractivity contribution is 0.0696. The molecular formula is C24H23F2N3O2. The van der Waals surface area contributed by atoms with Gasteiger partial charge in [-0.25, -0.2) is 13.6 Å². The van der Waals surface area contributed by atoms with Gasteiger partial charge in [-0.05, 0) is 47.0 Å². The number of hydrogen-bond donors (Lipinski definition) is 1. The molecule has 0 bridgehead atoms. The van der Waals surface area contributed by atoms with Crippen molar-refractivity contribution in [2.45, 2.75) is 12.6 Å². The summed E-state index contributed by atoms with van der Waals surface area (Å²) in [6.45, 7) is 3.74. The molecule has 160 valence electrons. The Labute approximate surface area is 179 Å². The molecule has 0 unspecified atom stereocenters. The summed E-state index contributed by atoms with van der Waals surface area (Å²) in [6, 6.07) is 14.5. The molecule has 1 saturated heterocycles. The lowest BCUT2D eigenvalue weighted by Gasteiger charge is -2.39. The Morgan fingerprint density at radius 2 is 1.45 bits per heavy atom. The van der Waals surface area contributed by atoms with Crippen LogP contribution in [-0.2, 0) is 6.54 Å². The number of nitrogens with zero attached hydrogens (tertiary/aromatic N) is 3. The molecule has 1 N–H and O–H groups in total. The van der Waals surface area contributed by atoms with Crippen LogP contribution in [-0.4, -0.2) is 52.0 Å². The summed E-state index contributed by atoms with van der Waals surface area (Å²) in [4.78, 5) is 19.8. The van der Waals surface area contributed by atoms with E-state index in [0.29, 0.717) is 6.54 Å². The fourth-order valence-electron chi connectivity index (χ4n) is 4.03. The summed E-state index contributed by atoms with van der Waals surface area (Å²) >= 11 is 0. The van der Waals surface area contributed by atoms with Crippen molar-refractivity contribution >= 4 is 5.97 Å². The van der Waals surface area contributed by atoms with Gasteiger partial charge in [-0.1, -0.05) is 24.3 Å². The number of hydrogen-bond acceptors (Lipinski definition) is 4. The van der Waals surface area contributed by atoms with E-state index in [0.717, 1.165) is 42.9 Å². The number of aromatic nitrogens is 1. The third-order valence-electron chi connectivity index (χ3n) is 5.59. The van der Waals surface area contributed by atoms with Gasteiger partial charge >= 0.3 is 5.97 Å². The van der Waals surface area contributed by atoms with Crippen molar-refractivity contribution in [3.63, 3.8) is 0 Å². The number of carboxylic acid groups (broad SMARTS) is 1. The smallest absolute Gasteiger partial charge is 0.337 e. The molecule has 0 amide bonds. The van der Waals surface area contributed by atoms with Crippen molar-refractivity contribution in [3.8, 4) is 0 Å². The summed E-state index contributed by atoms with van der Waals surface area (Å²) in [5.41, 5.74) is 2.96. The second-order valence-electron chi connectivity index (χ2n) is 7.70. The fourth-order valence-corrected chi connectivity index (χ4v) is 4.03. The molecule has 1 aliphatic rings. The second kappa shape index (κ2) is 9.32. The monoisotopic (exact) mass is 423 g/mol. The Morgan fingerprint density at radius 1 is 0.903 bits per heavy atom. The molecule has 0 atom stereocenters. The van der Waals surface area contributed by atoms with Crippen LogP contribution in [0.4, 0.5) is 8.78 Å². The average molecular weight is 423 g/mol. The average Bonchev–Trinajstić information content (AvgIpc) is 2.78. The normalized spacial score (nSPS) is 15.3. The summed E-state index contributed by atoms with van der Waals surface area (Å²) in [6.07, 6.45) is 3.04. The summed E-state index contributed by atoms with van der Waals surface area (Å²) < 4.78 is 26.9. The van der Waals surface area contributed by atoms with Gasteiger partial charge in [-0.15, -0.1) is 0 Å². The number of piperazine rings is 1. The van der Waals surface area contributed by atoms with Gasteiger partial charge in [0.15, 0.2) is 0 Å². The SMILES string of the molecule is O=C(O)c1cncc(CN2CCN(C(c3ccc(F)cc3)c3ccc(F)cc3)CC2)c1. The third-order valence-corrected chi connectivity index (χ3v) is 5.59. The van der Waals surface area contributed by atoms with Gasteiger partial charge < -0.3 is 5.11 Å². The van der Waals surface area contributed by atoms with Crippen LogP contribution < -0.4 is 0 Å². The molecular weight excluding hydrogens is 400 g/mol. The van der Waals surface area contributed by atoms with Crippen molar-refractivity contribution in [1.82, 2.24) is 14.8 Å². The Hall–Kier alpha value is -3.16. The standard InChI is InChI=1S/C24H23F2N3O2/c25-21-5-1-18(2-6-21)23(19-3-7-22(26)8-4-19)29-11-9-28(10-12-29)16-17-13-20(24(30)31)15-27-14-17/h1-8,13-15,23H,9-12,16H2,(H,30,31). The van der Waals surface area contributed by atoms with E-state index in [2.05, 4.69) is 14.8 Å². The molecule has 31 heavy (non-hydrogen) atoms. The van der Waals surface area contributed by atoms with Crippen LogP contribution in [0, 0.1) is 11.6 Å². The minimum atomic E-state index is -0.986. The molecule has 3 aromatic rings. The van der Waals surface area contributed by atoms with Gasteiger partial charge in [-0.3, -0.25) is 14.8 Å². The predicted molar refractivity (Wildman–Crippen MR) is 113 cm³/mol. The quantitative estimate of drug-likeness (QED) is 0.650. The highest BCUT2D eigenvalue weighted by molar-refractivity contribution is 5.87. The van der Waals surface area contributed by atoms with Crippen molar-refractivity contribution in [2.75, 3.05) is 26.2 Å². The fraction of sp³-hybridized carbons (Fsp3) is 0.250. The maximum Gasteiger partial charge on any atom is 0.337 e. The molecule has 0 spiro atoms. The number of aromatic carboxylic acids is 1. The molecule has 2 heterocycles. The highest BCUT2D eigenvalue weighted by Crippen LogP contribution is 2.30. The largest absolute Gasteiger partial charge is 0.478 e. The molecule has 2 aromatic carbocycles. The number of pyridine rings is 1. The first-order valence-corrected chi connectivity index (χ1v) is 10.1. The zero-order valence-corrected chi connectivity index (χ0v) is 16.9. The maximum atomic E-state index is 13.5. The Morgan fingerprint density at radius 3 is 1.97 bits per heavy atom. The molecule has 5 nitrogen and oxygen atoms in total. The predicted octanol–water partition coefficient (Wildman–Crippen LogP) is 3.97. The van der Waals surface area contributed by atoms with Gasteiger partial charge in [0.1, 0.15) is 11.6 Å². The zero-order chi connectivity index (χ0) is 21.8. The molecule has 0 aliphatic carbocycles. The van der Waals surface area contributed by atoms with E-state index in [9.17, 15) is 13.6 Å². The molecule has 7 heteroatoms. The zero-order valence-electron chi connectivity index (χ0n) is 16.9. The van der Waals surface area contributed by atoms with E-state index in [1.807, 2.05) is 0 Å². The van der Waals surface area contributed by atoms with Crippen molar-refractivity contribution in [2.24, 2.45) is 0 Å². The molecule has 0 radical (unpaired) electrons. The minimum absolute atomic E-state index is 0.0969. The van der Waals surface area contributed by atoms with Gasteiger partial charge in [0.05, 0.1) is 11.6 Å². The van der Waals surface area contributed by atoms with Crippen LogP contribution in [0.5, 0.6) is 0 Å². The van der Waals surface area contributed by atoms with Crippen LogP contribution >= 0.6 is 0 Å². The van der Waals surface area contributed by atoms with E-state index in [1.54, 1.807) is 36.5 Å². The van der Waals surface area contributed by atoms with E-state index in [1.165, 1.54) is 30.5 Å². The van der Waals surface area contributed by atoms with Gasteiger partial charge in [0.2, 0.25) is 0 Å². The van der Waals surface area contributed by atoms with Crippen molar-refractivity contribution < 1.29 is 18.7 Å². The minimum Gasteiger partial charge on any atom is -0.478 e. The molecule has 1 aliphatic heterocycles. The lowest BCUT2D eigenvalue weighted by Crippen LogP contribution is -2.47. The number of benzene rings is 2. The van der Waals surface area contributed by atoms with Gasteiger partial charge in [-0.2, -0.15) is 0 Å². The van der Waals surface area contributed by atoms with E-state index in [4.69, 9.17) is 5.11 Å². The number of carboxylic acids is 1.